The van der Waals surface area contributed by atoms with Crippen molar-refractivity contribution in [3.63, 3.8) is 0 Å². The van der Waals surface area contributed by atoms with Gasteiger partial charge in [0, 0.05) is 5.71 Å². The Morgan fingerprint density at radius 1 is 1.27 bits per heavy atom. The number of sulfonamides is 1. The van der Waals surface area contributed by atoms with Gasteiger partial charge in [-0.15, -0.1) is 0 Å². The fourth-order valence-corrected chi connectivity index (χ4v) is 3.56. The van der Waals surface area contributed by atoms with Crippen molar-refractivity contribution in [2.45, 2.75) is 63.7 Å². The van der Waals surface area contributed by atoms with Crippen LogP contribution >= 0.6 is 0 Å². The van der Waals surface area contributed by atoms with Crippen molar-refractivity contribution >= 4 is 15.7 Å². The van der Waals surface area contributed by atoms with Crippen LogP contribution < -0.4 is 4.83 Å². The Kier molecular flexibility index (Phi) is 5.62. The van der Waals surface area contributed by atoms with Crippen molar-refractivity contribution in [2.24, 2.45) is 11.0 Å². The Bertz CT molecular complexity index is 621. The summed E-state index contributed by atoms with van der Waals surface area (Å²) < 4.78 is 24.6. The van der Waals surface area contributed by atoms with E-state index in [0.29, 0.717) is 11.8 Å². The molecule has 2 rings (SSSR count). The number of nitrogens with zero attached hydrogens (tertiary/aromatic N) is 1. The van der Waals surface area contributed by atoms with Gasteiger partial charge < -0.3 is 0 Å². The minimum atomic E-state index is -3.57. The summed E-state index contributed by atoms with van der Waals surface area (Å²) in [7, 11) is -3.57. The summed E-state index contributed by atoms with van der Waals surface area (Å²) in [6.07, 6.45) is 5.30. The highest BCUT2D eigenvalue weighted by Crippen LogP contribution is 2.22. The second-order valence-corrected chi connectivity index (χ2v) is 7.88. The van der Waals surface area contributed by atoms with Crippen molar-refractivity contribution in [3.05, 3.63) is 29.8 Å². The van der Waals surface area contributed by atoms with Gasteiger partial charge >= 0.3 is 0 Å². The van der Waals surface area contributed by atoms with E-state index in [0.717, 1.165) is 37.0 Å². The molecule has 0 bridgehead atoms. The van der Waals surface area contributed by atoms with Gasteiger partial charge in [-0.2, -0.15) is 13.5 Å². The summed E-state index contributed by atoms with van der Waals surface area (Å²) in [5.74, 6) is 0.803. The molecule has 0 radical (unpaired) electrons. The second-order valence-electron chi connectivity index (χ2n) is 6.22. The molecule has 5 heteroatoms. The highest BCUT2D eigenvalue weighted by atomic mass is 32.2. The molecule has 1 saturated carbocycles. The van der Waals surface area contributed by atoms with Gasteiger partial charge in [-0.3, -0.25) is 0 Å². The number of benzene rings is 1. The molecule has 1 aromatic rings. The molecular formula is C17H26N2O2S. The maximum Gasteiger partial charge on any atom is 0.276 e. The van der Waals surface area contributed by atoms with Crippen LogP contribution in [0.5, 0.6) is 0 Å². The molecule has 122 valence electrons. The van der Waals surface area contributed by atoms with Crippen LogP contribution in [0.4, 0.5) is 0 Å². The summed E-state index contributed by atoms with van der Waals surface area (Å²) in [4.78, 5) is 2.67. The smallest absolute Gasteiger partial charge is 0.200 e. The van der Waals surface area contributed by atoms with E-state index in [2.05, 4.69) is 30.7 Å². The van der Waals surface area contributed by atoms with Crippen molar-refractivity contribution in [2.75, 3.05) is 0 Å². The summed E-state index contributed by atoms with van der Waals surface area (Å²) >= 11 is 0. The zero-order valence-corrected chi connectivity index (χ0v) is 14.5. The zero-order chi connectivity index (χ0) is 16.2. The maximum atomic E-state index is 12.3. The molecule has 0 spiro atoms. The minimum Gasteiger partial charge on any atom is -0.200 e. The summed E-state index contributed by atoms with van der Waals surface area (Å²) in [5, 5.41) is 4.16. The zero-order valence-electron chi connectivity index (χ0n) is 13.7. The average Bonchev–Trinajstić information content (AvgIpc) is 2.53. The van der Waals surface area contributed by atoms with Crippen LogP contribution in [0, 0.1) is 5.92 Å². The van der Waals surface area contributed by atoms with E-state index in [1.807, 2.05) is 12.1 Å². The topological polar surface area (TPSA) is 58.5 Å². The fourth-order valence-electron chi connectivity index (χ4n) is 2.72. The lowest BCUT2D eigenvalue weighted by Gasteiger charge is -2.20. The predicted molar refractivity (Wildman–Crippen MR) is 90.5 cm³/mol. The standard InChI is InChI=1S/C17H26N2O2S/c1-4-13(2)15-9-11-16(12-10-15)22(20,21)19-18-17-8-6-5-7-14(17)3/h9-14,19H,4-8H2,1-3H3/b18-17-. The first kappa shape index (κ1) is 17.0. The number of hydrogen-bond acceptors (Lipinski definition) is 3. The quantitative estimate of drug-likeness (QED) is 0.832. The molecule has 1 fully saturated rings. The van der Waals surface area contributed by atoms with Crippen LogP contribution in [0.25, 0.3) is 0 Å². The lowest BCUT2D eigenvalue weighted by molar-refractivity contribution is 0.552. The van der Waals surface area contributed by atoms with Gasteiger partial charge in [0.15, 0.2) is 0 Å². The SMILES string of the molecule is CCC(C)c1ccc(S(=O)(=O)N/N=C2/CCCCC2C)cc1. The monoisotopic (exact) mass is 322 g/mol. The fraction of sp³-hybridized carbons (Fsp3) is 0.588. The van der Waals surface area contributed by atoms with E-state index >= 15 is 0 Å². The van der Waals surface area contributed by atoms with Gasteiger partial charge in [0.25, 0.3) is 10.0 Å². The normalized spacial score (nSPS) is 22.5. The third-order valence-electron chi connectivity index (χ3n) is 4.57. The number of hydrogen-bond donors (Lipinski definition) is 1. The molecule has 1 aliphatic carbocycles. The Morgan fingerprint density at radius 2 is 1.95 bits per heavy atom. The van der Waals surface area contributed by atoms with Gasteiger partial charge in [-0.05, 0) is 55.2 Å². The molecule has 1 aromatic carbocycles. The average molecular weight is 322 g/mol. The lowest BCUT2D eigenvalue weighted by atomic mass is 9.89. The van der Waals surface area contributed by atoms with Crippen molar-refractivity contribution in [1.29, 1.82) is 0 Å². The van der Waals surface area contributed by atoms with Gasteiger partial charge in [-0.1, -0.05) is 39.3 Å². The number of nitrogens with one attached hydrogen (secondary N) is 1. The molecule has 2 unspecified atom stereocenters. The van der Waals surface area contributed by atoms with Crippen LogP contribution in [-0.4, -0.2) is 14.1 Å². The van der Waals surface area contributed by atoms with Crippen LogP contribution in [0.15, 0.2) is 34.3 Å². The van der Waals surface area contributed by atoms with E-state index in [4.69, 9.17) is 0 Å². The Balaban J connectivity index is 2.11. The molecule has 0 aromatic heterocycles. The van der Waals surface area contributed by atoms with Gasteiger partial charge in [-0.25, -0.2) is 4.83 Å². The Labute approximate surface area is 134 Å². The highest BCUT2D eigenvalue weighted by molar-refractivity contribution is 7.89. The van der Waals surface area contributed by atoms with Gasteiger partial charge in [0.05, 0.1) is 4.90 Å². The Morgan fingerprint density at radius 3 is 2.55 bits per heavy atom. The molecular weight excluding hydrogens is 296 g/mol. The maximum absolute atomic E-state index is 12.3. The molecule has 4 nitrogen and oxygen atoms in total. The molecule has 2 atom stereocenters. The molecule has 1 N–H and O–H groups in total. The van der Waals surface area contributed by atoms with Gasteiger partial charge in [0.1, 0.15) is 0 Å². The molecule has 1 aliphatic rings. The van der Waals surface area contributed by atoms with Crippen LogP contribution in [0.3, 0.4) is 0 Å². The number of hydrazone groups is 1. The van der Waals surface area contributed by atoms with Crippen molar-refractivity contribution in [1.82, 2.24) is 4.83 Å². The Hall–Kier alpha value is -1.36. The van der Waals surface area contributed by atoms with Crippen LogP contribution in [0.2, 0.25) is 0 Å². The third kappa shape index (κ3) is 4.09. The second kappa shape index (κ2) is 7.27. The molecule has 0 amide bonds. The molecule has 0 heterocycles. The van der Waals surface area contributed by atoms with E-state index < -0.39 is 10.0 Å². The van der Waals surface area contributed by atoms with E-state index in [-0.39, 0.29) is 4.90 Å². The summed E-state index contributed by atoms with van der Waals surface area (Å²) in [6, 6.07) is 7.10. The van der Waals surface area contributed by atoms with Gasteiger partial charge in [0.2, 0.25) is 0 Å². The van der Waals surface area contributed by atoms with Crippen molar-refractivity contribution in [3.8, 4) is 0 Å². The first-order chi connectivity index (χ1) is 10.4. The van der Waals surface area contributed by atoms with E-state index in [1.54, 1.807) is 12.1 Å². The van der Waals surface area contributed by atoms with Crippen LogP contribution in [0.1, 0.15) is 64.4 Å². The largest absolute Gasteiger partial charge is 0.276 e. The van der Waals surface area contributed by atoms with E-state index in [9.17, 15) is 8.42 Å². The van der Waals surface area contributed by atoms with E-state index in [1.165, 1.54) is 6.42 Å². The molecule has 0 saturated heterocycles. The first-order valence-corrected chi connectivity index (χ1v) is 9.60. The summed E-state index contributed by atoms with van der Waals surface area (Å²) in [5.41, 5.74) is 2.12. The highest BCUT2D eigenvalue weighted by Gasteiger charge is 2.18. The first-order valence-electron chi connectivity index (χ1n) is 8.12. The molecule has 0 aliphatic heterocycles. The third-order valence-corrected chi connectivity index (χ3v) is 5.79. The van der Waals surface area contributed by atoms with Crippen LogP contribution in [-0.2, 0) is 10.0 Å². The lowest BCUT2D eigenvalue weighted by Crippen LogP contribution is -2.24. The summed E-state index contributed by atoms with van der Waals surface area (Å²) in [6.45, 7) is 6.36. The minimum absolute atomic E-state index is 0.271. The number of rotatable bonds is 5. The van der Waals surface area contributed by atoms with Crippen molar-refractivity contribution < 1.29 is 8.42 Å². The predicted octanol–water partition coefficient (Wildman–Crippen LogP) is 4.04. The molecule has 22 heavy (non-hydrogen) atoms.